The smallest absolute Gasteiger partial charge is 0.303 e. The zero-order valence-corrected chi connectivity index (χ0v) is 32.1. The molecule has 0 aromatic heterocycles. The van der Waals surface area contributed by atoms with Gasteiger partial charge in [-0.1, -0.05) is 27.7 Å². The summed E-state index contributed by atoms with van der Waals surface area (Å²) < 4.78 is 69.8. The molecule has 0 amide bonds. The number of esters is 6. The van der Waals surface area contributed by atoms with Gasteiger partial charge in [-0.15, -0.1) is 0 Å². The second-order valence-electron chi connectivity index (χ2n) is 13.5. The molecule has 0 bridgehead atoms. The molecule has 0 aliphatic carbocycles. The fourth-order valence-electron chi connectivity index (χ4n) is 6.85. The maximum atomic E-state index is 12.3. The standard InChI is InChI=1S/C35H54O18/c1-12-24-15(2)27(45-18(5)36)31(49-22(9)40)34(51-24)43-14-26-17(4)29(47-20(7)38)32(50-23(10)41)35(53-26)44-13-25-16(3)28(46-19(6)37)30(48-21(8)39)33(42-11)52-25/h15-17,24-35H,12-14H2,1-11H3/t15-,16-,17-,24-,25-,26-,27+,28+,29+,30-,31-,32-,33-,34-,35-/m1/s1. The Labute approximate surface area is 308 Å². The number of rotatable bonds is 14. The van der Waals surface area contributed by atoms with Gasteiger partial charge in [0.25, 0.3) is 0 Å². The Balaban J connectivity index is 1.91. The summed E-state index contributed by atoms with van der Waals surface area (Å²) in [5.74, 6) is -5.49. The third-order valence-electron chi connectivity index (χ3n) is 9.31. The molecule has 0 radical (unpaired) electrons. The molecule has 302 valence electrons. The van der Waals surface area contributed by atoms with Crippen molar-refractivity contribution < 1.29 is 85.6 Å². The van der Waals surface area contributed by atoms with Crippen LogP contribution < -0.4 is 0 Å². The van der Waals surface area contributed by atoms with Gasteiger partial charge in [-0.2, -0.15) is 0 Å². The maximum absolute atomic E-state index is 12.3. The number of ether oxygens (including phenoxy) is 12. The Morgan fingerprint density at radius 3 is 1.00 bits per heavy atom. The summed E-state index contributed by atoms with van der Waals surface area (Å²) in [5, 5.41) is 0. The van der Waals surface area contributed by atoms with E-state index < -0.39 is 121 Å². The maximum Gasteiger partial charge on any atom is 0.303 e. The van der Waals surface area contributed by atoms with Crippen LogP contribution in [0.5, 0.6) is 0 Å². The van der Waals surface area contributed by atoms with E-state index in [1.54, 1.807) is 13.8 Å². The van der Waals surface area contributed by atoms with Crippen molar-refractivity contribution in [3.63, 3.8) is 0 Å². The van der Waals surface area contributed by atoms with E-state index in [1.807, 2.05) is 13.8 Å². The molecule has 53 heavy (non-hydrogen) atoms. The van der Waals surface area contributed by atoms with Crippen LogP contribution in [0.3, 0.4) is 0 Å². The van der Waals surface area contributed by atoms with Gasteiger partial charge in [0.05, 0.1) is 31.5 Å². The van der Waals surface area contributed by atoms with Crippen molar-refractivity contribution in [2.45, 2.75) is 149 Å². The van der Waals surface area contributed by atoms with E-state index in [2.05, 4.69) is 0 Å². The number of methoxy groups -OCH3 is 1. The van der Waals surface area contributed by atoms with E-state index in [9.17, 15) is 28.8 Å². The molecule has 0 N–H and O–H groups in total. The van der Waals surface area contributed by atoms with Crippen molar-refractivity contribution in [1.82, 2.24) is 0 Å². The molecule has 15 atom stereocenters. The zero-order chi connectivity index (χ0) is 39.7. The van der Waals surface area contributed by atoms with Crippen LogP contribution in [-0.2, 0) is 85.6 Å². The summed E-state index contributed by atoms with van der Waals surface area (Å²) in [7, 11) is 1.33. The molecule has 18 nitrogen and oxygen atoms in total. The van der Waals surface area contributed by atoms with Crippen molar-refractivity contribution in [3.05, 3.63) is 0 Å². The predicted molar refractivity (Wildman–Crippen MR) is 176 cm³/mol. The monoisotopic (exact) mass is 762 g/mol. The molecule has 0 spiro atoms. The fraction of sp³-hybridized carbons (Fsp3) is 0.829. The van der Waals surface area contributed by atoms with E-state index >= 15 is 0 Å². The fourth-order valence-corrected chi connectivity index (χ4v) is 6.85. The quantitative estimate of drug-likeness (QED) is 0.182. The Bertz CT molecular complexity index is 1290. The van der Waals surface area contributed by atoms with Crippen LogP contribution in [-0.4, -0.2) is 130 Å². The van der Waals surface area contributed by atoms with Gasteiger partial charge in [0.15, 0.2) is 37.2 Å². The van der Waals surface area contributed by atoms with Gasteiger partial charge in [-0.25, -0.2) is 0 Å². The van der Waals surface area contributed by atoms with E-state index in [0.717, 1.165) is 0 Å². The molecule has 0 unspecified atom stereocenters. The highest BCUT2D eigenvalue weighted by atomic mass is 16.8. The lowest BCUT2D eigenvalue weighted by Gasteiger charge is -2.47. The average Bonchev–Trinajstić information content (AvgIpc) is 3.05. The molecule has 18 heteroatoms. The third-order valence-corrected chi connectivity index (χ3v) is 9.31. The molecule has 0 aromatic carbocycles. The summed E-state index contributed by atoms with van der Waals surface area (Å²) in [5.41, 5.74) is 0. The van der Waals surface area contributed by atoms with E-state index in [-0.39, 0.29) is 19.1 Å². The van der Waals surface area contributed by atoms with Crippen LogP contribution in [0, 0.1) is 17.8 Å². The second kappa shape index (κ2) is 19.8. The number of carbonyl (C=O) groups is 6. The van der Waals surface area contributed by atoms with Crippen molar-refractivity contribution in [2.24, 2.45) is 17.8 Å². The first-order valence-electron chi connectivity index (χ1n) is 17.6. The molecule has 0 aromatic rings. The highest BCUT2D eigenvalue weighted by Gasteiger charge is 2.53. The molecule has 3 saturated heterocycles. The lowest BCUT2D eigenvalue weighted by molar-refractivity contribution is -0.332. The molecule has 3 aliphatic heterocycles. The lowest BCUT2D eigenvalue weighted by atomic mass is 9.88. The van der Waals surface area contributed by atoms with Gasteiger partial charge in [0.1, 0.15) is 18.3 Å². The molecule has 3 fully saturated rings. The Morgan fingerprint density at radius 1 is 0.434 bits per heavy atom. The van der Waals surface area contributed by atoms with Crippen molar-refractivity contribution in [3.8, 4) is 0 Å². The van der Waals surface area contributed by atoms with Gasteiger partial charge >= 0.3 is 35.8 Å². The summed E-state index contributed by atoms with van der Waals surface area (Å²) in [6, 6.07) is 0. The Morgan fingerprint density at radius 2 is 0.698 bits per heavy atom. The van der Waals surface area contributed by atoms with Crippen LogP contribution >= 0.6 is 0 Å². The Hall–Kier alpha value is -3.42. The topological polar surface area (TPSA) is 213 Å². The van der Waals surface area contributed by atoms with Crippen LogP contribution in [0.1, 0.15) is 75.7 Å². The molecular weight excluding hydrogens is 708 g/mol. The largest absolute Gasteiger partial charge is 0.458 e. The normalized spacial score (nSPS) is 37.1. The zero-order valence-electron chi connectivity index (χ0n) is 32.1. The van der Waals surface area contributed by atoms with E-state index in [4.69, 9.17) is 56.8 Å². The summed E-state index contributed by atoms with van der Waals surface area (Å²) in [6.45, 7) is 13.9. The van der Waals surface area contributed by atoms with Gasteiger partial charge in [-0.05, 0) is 6.42 Å². The molecule has 3 heterocycles. The van der Waals surface area contributed by atoms with Crippen molar-refractivity contribution >= 4 is 35.8 Å². The predicted octanol–water partition coefficient (Wildman–Crippen LogP) is 1.75. The number of hydrogen-bond acceptors (Lipinski definition) is 18. The first kappa shape index (κ1) is 44.0. The van der Waals surface area contributed by atoms with Gasteiger partial charge in [0.2, 0.25) is 0 Å². The highest BCUT2D eigenvalue weighted by molar-refractivity contribution is 5.68. The molecule has 3 aliphatic rings. The molecular formula is C35H54O18. The van der Waals surface area contributed by atoms with Crippen LogP contribution in [0.25, 0.3) is 0 Å². The van der Waals surface area contributed by atoms with Crippen LogP contribution in [0.15, 0.2) is 0 Å². The van der Waals surface area contributed by atoms with E-state index in [0.29, 0.717) is 6.42 Å². The van der Waals surface area contributed by atoms with E-state index in [1.165, 1.54) is 48.7 Å². The number of carbonyl (C=O) groups excluding carboxylic acids is 6. The van der Waals surface area contributed by atoms with Gasteiger partial charge in [-0.3, -0.25) is 28.8 Å². The SMILES string of the molecule is CC[C@H]1O[C@@H](OC[C@H]2O[C@@H](OC[C@H]3O[C@@H](OC)[C@H](OC(C)=O)[C@@H](OC(C)=O)[C@@H]3C)[C@H](OC(C)=O)[C@@H](OC(C)=O)[C@@H]2C)[C@H](OC(C)=O)[C@@H](OC(C)=O)[C@@H]1C. The minimum Gasteiger partial charge on any atom is -0.458 e. The van der Waals surface area contributed by atoms with Crippen molar-refractivity contribution in [1.29, 1.82) is 0 Å². The van der Waals surface area contributed by atoms with Gasteiger partial charge in [0, 0.05) is 66.4 Å². The lowest BCUT2D eigenvalue weighted by Crippen LogP contribution is -2.61. The molecule has 3 rings (SSSR count). The van der Waals surface area contributed by atoms with Gasteiger partial charge < -0.3 is 56.8 Å². The molecule has 0 saturated carbocycles. The summed E-state index contributed by atoms with van der Waals surface area (Å²) in [6.07, 6.45) is -11.8. The first-order valence-corrected chi connectivity index (χ1v) is 17.6. The van der Waals surface area contributed by atoms with Crippen LogP contribution in [0.4, 0.5) is 0 Å². The summed E-state index contributed by atoms with van der Waals surface area (Å²) >= 11 is 0. The highest BCUT2D eigenvalue weighted by Crippen LogP contribution is 2.37. The average molecular weight is 763 g/mol. The first-order chi connectivity index (χ1) is 24.9. The number of hydrogen-bond donors (Lipinski definition) is 0. The summed E-state index contributed by atoms with van der Waals surface area (Å²) in [4.78, 5) is 72.8. The minimum absolute atomic E-state index is 0.230. The van der Waals surface area contributed by atoms with Crippen molar-refractivity contribution in [2.75, 3.05) is 20.3 Å². The van der Waals surface area contributed by atoms with Crippen LogP contribution in [0.2, 0.25) is 0 Å². The minimum atomic E-state index is -1.36. The Kier molecular flexibility index (Phi) is 16.4. The second-order valence-corrected chi connectivity index (χ2v) is 13.5. The third kappa shape index (κ3) is 11.8.